The van der Waals surface area contributed by atoms with E-state index in [1.807, 2.05) is 0 Å². The summed E-state index contributed by atoms with van der Waals surface area (Å²) in [6.45, 7) is 5.62. The van der Waals surface area contributed by atoms with Crippen molar-refractivity contribution in [2.45, 2.75) is 19.6 Å². The van der Waals surface area contributed by atoms with E-state index >= 15 is 0 Å². The highest BCUT2D eigenvalue weighted by Gasteiger charge is 2.41. The van der Waals surface area contributed by atoms with Crippen LogP contribution in [0, 0.1) is 6.92 Å². The summed E-state index contributed by atoms with van der Waals surface area (Å²) in [5, 5.41) is 5.63. The standard InChI is InChI=1S/C16H18F3N5O2/c1-10-22-13(14(26-10)16(17,18)19)15(25)23-11-2-3-12(21-8-11)9-24-6-4-20-5-7-24/h2-3,8,20H,4-7,9H2,1H3,(H,23,25). The highest BCUT2D eigenvalue weighted by Crippen LogP contribution is 2.32. The number of hydrogen-bond acceptors (Lipinski definition) is 6. The Hall–Kier alpha value is -2.46. The Bertz CT molecular complexity index is 767. The van der Waals surface area contributed by atoms with Gasteiger partial charge in [0.05, 0.1) is 17.6 Å². The van der Waals surface area contributed by atoms with E-state index in [1.54, 1.807) is 12.1 Å². The van der Waals surface area contributed by atoms with Crippen LogP contribution in [0.1, 0.15) is 27.8 Å². The molecule has 0 saturated carbocycles. The molecule has 7 nitrogen and oxygen atoms in total. The molecule has 0 aliphatic carbocycles. The van der Waals surface area contributed by atoms with E-state index in [2.05, 4.69) is 29.9 Å². The molecule has 0 unspecified atom stereocenters. The first-order valence-corrected chi connectivity index (χ1v) is 8.07. The lowest BCUT2D eigenvalue weighted by Gasteiger charge is -2.26. The van der Waals surface area contributed by atoms with Gasteiger partial charge in [-0.15, -0.1) is 0 Å². The van der Waals surface area contributed by atoms with Crippen LogP contribution in [0.2, 0.25) is 0 Å². The second-order valence-corrected chi connectivity index (χ2v) is 5.93. The number of aromatic nitrogens is 2. The number of piperazine rings is 1. The molecule has 10 heteroatoms. The molecule has 2 aromatic rings. The predicted molar refractivity (Wildman–Crippen MR) is 86.6 cm³/mol. The molecule has 3 rings (SSSR count). The van der Waals surface area contributed by atoms with Crippen LogP contribution in [-0.4, -0.2) is 47.0 Å². The highest BCUT2D eigenvalue weighted by atomic mass is 19.4. The molecule has 0 radical (unpaired) electrons. The maximum Gasteiger partial charge on any atom is 0.452 e. The third-order valence-electron chi connectivity index (χ3n) is 3.88. The average molecular weight is 369 g/mol. The Kier molecular flexibility index (Phi) is 5.23. The van der Waals surface area contributed by atoms with Crippen LogP contribution in [-0.2, 0) is 12.7 Å². The summed E-state index contributed by atoms with van der Waals surface area (Å²) in [5.41, 5.74) is 0.311. The molecule has 3 heterocycles. The molecule has 26 heavy (non-hydrogen) atoms. The Morgan fingerprint density at radius 1 is 1.35 bits per heavy atom. The minimum Gasteiger partial charge on any atom is -0.436 e. The number of oxazole rings is 1. The van der Waals surface area contributed by atoms with E-state index in [9.17, 15) is 18.0 Å². The van der Waals surface area contributed by atoms with Crippen LogP contribution < -0.4 is 10.6 Å². The number of alkyl halides is 3. The lowest BCUT2D eigenvalue weighted by molar-refractivity contribution is -0.153. The summed E-state index contributed by atoms with van der Waals surface area (Å²) in [6, 6.07) is 3.33. The molecule has 140 valence electrons. The normalized spacial score (nSPS) is 15.8. The van der Waals surface area contributed by atoms with Crippen LogP contribution in [0.4, 0.5) is 18.9 Å². The zero-order valence-corrected chi connectivity index (χ0v) is 14.1. The zero-order valence-electron chi connectivity index (χ0n) is 14.1. The number of halogens is 3. The van der Waals surface area contributed by atoms with Gasteiger partial charge in [-0.25, -0.2) is 4.98 Å². The first kappa shape index (κ1) is 18.3. The van der Waals surface area contributed by atoms with E-state index in [0.717, 1.165) is 31.9 Å². The Labute approximate surface area is 147 Å². The number of aryl methyl sites for hydroxylation is 1. The van der Waals surface area contributed by atoms with Crippen molar-refractivity contribution in [2.24, 2.45) is 0 Å². The second-order valence-electron chi connectivity index (χ2n) is 5.93. The van der Waals surface area contributed by atoms with Crippen LogP contribution >= 0.6 is 0 Å². The van der Waals surface area contributed by atoms with E-state index in [1.165, 1.54) is 13.1 Å². The van der Waals surface area contributed by atoms with Gasteiger partial charge < -0.3 is 15.1 Å². The number of nitrogens with zero attached hydrogens (tertiary/aromatic N) is 3. The zero-order chi connectivity index (χ0) is 18.7. The third-order valence-corrected chi connectivity index (χ3v) is 3.88. The van der Waals surface area contributed by atoms with Gasteiger partial charge in [0.2, 0.25) is 5.76 Å². The van der Waals surface area contributed by atoms with Crippen LogP contribution in [0.3, 0.4) is 0 Å². The monoisotopic (exact) mass is 369 g/mol. The third kappa shape index (κ3) is 4.38. The van der Waals surface area contributed by atoms with Crippen LogP contribution in [0.15, 0.2) is 22.7 Å². The first-order chi connectivity index (χ1) is 12.3. The van der Waals surface area contributed by atoms with Gasteiger partial charge in [-0.1, -0.05) is 0 Å². The van der Waals surface area contributed by atoms with Crippen molar-refractivity contribution >= 4 is 11.6 Å². The molecule has 1 amide bonds. The Morgan fingerprint density at radius 2 is 2.08 bits per heavy atom. The molecular formula is C16H18F3N5O2. The summed E-state index contributed by atoms with van der Waals surface area (Å²) in [6.07, 6.45) is -3.38. The van der Waals surface area contributed by atoms with Crippen molar-refractivity contribution in [2.75, 3.05) is 31.5 Å². The van der Waals surface area contributed by atoms with Crippen molar-refractivity contribution < 1.29 is 22.4 Å². The van der Waals surface area contributed by atoms with Gasteiger partial charge in [-0.3, -0.25) is 14.7 Å². The predicted octanol–water partition coefficient (Wildman–Crippen LogP) is 2.05. The molecule has 1 saturated heterocycles. The molecule has 0 atom stereocenters. The summed E-state index contributed by atoms with van der Waals surface area (Å²) in [7, 11) is 0. The van der Waals surface area contributed by atoms with Gasteiger partial charge in [0, 0.05) is 39.6 Å². The molecule has 2 aromatic heterocycles. The average Bonchev–Trinajstić information content (AvgIpc) is 3.00. The molecule has 0 spiro atoms. The highest BCUT2D eigenvalue weighted by molar-refractivity contribution is 6.03. The number of hydrogen-bond donors (Lipinski definition) is 2. The van der Waals surface area contributed by atoms with Gasteiger partial charge in [0.25, 0.3) is 5.91 Å². The minimum absolute atomic E-state index is 0.230. The molecule has 1 aliphatic heterocycles. The number of nitrogens with one attached hydrogen (secondary N) is 2. The SMILES string of the molecule is Cc1nc(C(=O)Nc2ccc(CN3CCNCC3)nc2)c(C(F)(F)F)o1. The van der Waals surface area contributed by atoms with Gasteiger partial charge in [0.1, 0.15) is 0 Å². The number of rotatable bonds is 4. The molecule has 2 N–H and O–H groups in total. The summed E-state index contributed by atoms with van der Waals surface area (Å²) in [4.78, 5) is 22.2. The maximum absolute atomic E-state index is 12.9. The maximum atomic E-state index is 12.9. The van der Waals surface area contributed by atoms with E-state index in [-0.39, 0.29) is 11.6 Å². The quantitative estimate of drug-likeness (QED) is 0.858. The largest absolute Gasteiger partial charge is 0.452 e. The van der Waals surface area contributed by atoms with Gasteiger partial charge in [-0.05, 0) is 12.1 Å². The Morgan fingerprint density at radius 3 is 2.69 bits per heavy atom. The van der Waals surface area contributed by atoms with E-state index in [0.29, 0.717) is 6.54 Å². The fourth-order valence-electron chi connectivity index (χ4n) is 2.65. The van der Waals surface area contributed by atoms with Crippen LogP contribution in [0.25, 0.3) is 0 Å². The van der Waals surface area contributed by atoms with Crippen LogP contribution in [0.5, 0.6) is 0 Å². The van der Waals surface area contributed by atoms with Gasteiger partial charge in [0.15, 0.2) is 11.6 Å². The van der Waals surface area contributed by atoms with Crippen molar-refractivity contribution in [3.63, 3.8) is 0 Å². The number of amides is 1. The molecule has 1 aliphatic rings. The van der Waals surface area contributed by atoms with Gasteiger partial charge >= 0.3 is 6.18 Å². The minimum atomic E-state index is -4.79. The van der Waals surface area contributed by atoms with Crippen molar-refractivity contribution in [3.05, 3.63) is 41.4 Å². The molecule has 0 bridgehead atoms. The second kappa shape index (κ2) is 7.42. The summed E-state index contributed by atoms with van der Waals surface area (Å²) < 4.78 is 43.2. The first-order valence-electron chi connectivity index (χ1n) is 8.07. The molecule has 0 aromatic carbocycles. The fourth-order valence-corrected chi connectivity index (χ4v) is 2.65. The number of pyridine rings is 1. The lowest BCUT2D eigenvalue weighted by atomic mass is 10.2. The van der Waals surface area contributed by atoms with Crippen molar-refractivity contribution in [1.29, 1.82) is 0 Å². The summed E-state index contributed by atoms with van der Waals surface area (Å²) in [5.74, 6) is -2.63. The van der Waals surface area contributed by atoms with Crippen molar-refractivity contribution in [3.8, 4) is 0 Å². The number of carbonyl (C=O) groups is 1. The van der Waals surface area contributed by atoms with E-state index in [4.69, 9.17) is 0 Å². The topological polar surface area (TPSA) is 83.3 Å². The number of anilines is 1. The Balaban J connectivity index is 1.66. The van der Waals surface area contributed by atoms with Crippen molar-refractivity contribution in [1.82, 2.24) is 20.2 Å². The smallest absolute Gasteiger partial charge is 0.436 e. The molecule has 1 fully saturated rings. The van der Waals surface area contributed by atoms with E-state index < -0.39 is 23.5 Å². The van der Waals surface area contributed by atoms with Gasteiger partial charge in [-0.2, -0.15) is 13.2 Å². The fraction of sp³-hybridized carbons (Fsp3) is 0.438. The number of carbonyl (C=O) groups excluding carboxylic acids is 1. The lowest BCUT2D eigenvalue weighted by Crippen LogP contribution is -2.43. The summed E-state index contributed by atoms with van der Waals surface area (Å²) >= 11 is 0. The molecular weight excluding hydrogens is 351 g/mol.